The fourth-order valence-corrected chi connectivity index (χ4v) is 3.12. The van der Waals surface area contributed by atoms with Gasteiger partial charge in [-0.25, -0.2) is 4.39 Å². The van der Waals surface area contributed by atoms with Crippen molar-refractivity contribution < 1.29 is 4.39 Å². The normalized spacial score (nSPS) is 41.8. The molecule has 14 heavy (non-hydrogen) atoms. The second kappa shape index (κ2) is 4.61. The zero-order valence-electron chi connectivity index (χ0n) is 10.0. The Kier molecular flexibility index (Phi) is 3.94. The fourth-order valence-electron chi connectivity index (χ4n) is 3.12. The van der Waals surface area contributed by atoms with Gasteiger partial charge in [0.2, 0.25) is 0 Å². The third-order valence-corrected chi connectivity index (χ3v) is 3.61. The summed E-state index contributed by atoms with van der Waals surface area (Å²) in [5, 5.41) is 0. The number of fused-ring (bicyclic) bond motifs is 1. The van der Waals surface area contributed by atoms with Crippen molar-refractivity contribution in [1.82, 2.24) is 4.90 Å². The van der Waals surface area contributed by atoms with E-state index in [-0.39, 0.29) is 5.54 Å². The topological polar surface area (TPSA) is 3.24 Å². The molecule has 3 atom stereocenters. The third-order valence-electron chi connectivity index (χ3n) is 3.61. The van der Waals surface area contributed by atoms with E-state index in [0.717, 1.165) is 25.3 Å². The van der Waals surface area contributed by atoms with E-state index >= 15 is 0 Å². The van der Waals surface area contributed by atoms with Crippen molar-refractivity contribution >= 4 is 0 Å². The van der Waals surface area contributed by atoms with E-state index in [2.05, 4.69) is 18.7 Å². The van der Waals surface area contributed by atoms with Crippen molar-refractivity contribution in [3.63, 3.8) is 0 Å². The van der Waals surface area contributed by atoms with E-state index in [9.17, 15) is 4.39 Å². The van der Waals surface area contributed by atoms with Crippen molar-refractivity contribution in [3.8, 4) is 0 Å². The highest BCUT2D eigenvalue weighted by Crippen LogP contribution is 2.44. The lowest BCUT2D eigenvalue weighted by Gasteiger charge is -2.29. The highest BCUT2D eigenvalue weighted by Gasteiger charge is 2.49. The van der Waals surface area contributed by atoms with Crippen LogP contribution in [0.15, 0.2) is 0 Å². The largest absolute Gasteiger partial charge is 0.294 e. The quantitative estimate of drug-likeness (QED) is 0.629. The Hall–Kier alpha value is -0.110. The Labute approximate surface area is 87.7 Å². The van der Waals surface area contributed by atoms with Crippen LogP contribution in [-0.4, -0.2) is 29.7 Å². The molecule has 2 fully saturated rings. The second-order valence-electron chi connectivity index (χ2n) is 4.59. The summed E-state index contributed by atoms with van der Waals surface area (Å²) in [5.74, 6) is 0.775. The van der Waals surface area contributed by atoms with Crippen LogP contribution in [-0.2, 0) is 0 Å². The maximum Gasteiger partial charge on any atom is 0.115 e. The van der Waals surface area contributed by atoms with E-state index < -0.39 is 6.17 Å². The molecule has 0 saturated carbocycles. The Balaban J connectivity index is 0.000000461. The summed E-state index contributed by atoms with van der Waals surface area (Å²) in [5.41, 5.74) is 0.249. The summed E-state index contributed by atoms with van der Waals surface area (Å²) in [6.45, 7) is 10.3. The Bertz CT molecular complexity index is 167. The highest BCUT2D eigenvalue weighted by molar-refractivity contribution is 5.04. The lowest BCUT2D eigenvalue weighted by molar-refractivity contribution is 0.189. The van der Waals surface area contributed by atoms with Crippen molar-refractivity contribution in [1.29, 1.82) is 0 Å². The number of rotatable bonds is 1. The fraction of sp³-hybridized carbons (Fsp3) is 1.00. The van der Waals surface area contributed by atoms with Crippen LogP contribution >= 0.6 is 0 Å². The van der Waals surface area contributed by atoms with Gasteiger partial charge in [0, 0.05) is 18.6 Å². The number of hydrogen-bond acceptors (Lipinski definition) is 1. The van der Waals surface area contributed by atoms with E-state index in [1.54, 1.807) is 0 Å². The molecule has 2 aliphatic heterocycles. The average Bonchev–Trinajstić information content (AvgIpc) is 2.60. The predicted octanol–water partition coefficient (Wildman–Crippen LogP) is 3.25. The van der Waals surface area contributed by atoms with Crippen LogP contribution in [0.2, 0.25) is 0 Å². The van der Waals surface area contributed by atoms with Gasteiger partial charge in [0.05, 0.1) is 0 Å². The predicted molar refractivity (Wildman–Crippen MR) is 59.2 cm³/mol. The highest BCUT2D eigenvalue weighted by atomic mass is 19.1. The summed E-state index contributed by atoms with van der Waals surface area (Å²) in [4.78, 5) is 2.38. The molecule has 0 N–H and O–H groups in total. The first kappa shape index (κ1) is 12.0. The van der Waals surface area contributed by atoms with E-state index in [1.807, 2.05) is 13.8 Å². The van der Waals surface area contributed by atoms with Gasteiger partial charge in [-0.15, -0.1) is 0 Å². The molecule has 2 rings (SSSR count). The van der Waals surface area contributed by atoms with Gasteiger partial charge in [0.25, 0.3) is 0 Å². The van der Waals surface area contributed by atoms with Crippen LogP contribution in [0.1, 0.15) is 47.0 Å². The third kappa shape index (κ3) is 1.95. The molecule has 0 aromatic carbocycles. The van der Waals surface area contributed by atoms with E-state index in [1.165, 1.54) is 6.42 Å². The lowest BCUT2D eigenvalue weighted by atomic mass is 9.88. The first-order valence-electron chi connectivity index (χ1n) is 6.05. The number of halogens is 1. The Morgan fingerprint density at radius 3 is 2.43 bits per heavy atom. The van der Waals surface area contributed by atoms with Crippen LogP contribution in [0, 0.1) is 5.92 Å². The van der Waals surface area contributed by atoms with Crippen molar-refractivity contribution in [2.45, 2.75) is 58.7 Å². The van der Waals surface area contributed by atoms with Crippen LogP contribution in [0.3, 0.4) is 0 Å². The van der Waals surface area contributed by atoms with Crippen LogP contribution in [0.25, 0.3) is 0 Å². The molecule has 2 aliphatic rings. The Morgan fingerprint density at radius 1 is 1.29 bits per heavy atom. The maximum absolute atomic E-state index is 13.2. The monoisotopic (exact) mass is 201 g/mol. The smallest absolute Gasteiger partial charge is 0.115 e. The van der Waals surface area contributed by atoms with Gasteiger partial charge in [0.15, 0.2) is 0 Å². The summed E-state index contributed by atoms with van der Waals surface area (Å²) in [6.07, 6.45) is 2.56. The van der Waals surface area contributed by atoms with Gasteiger partial charge in [0.1, 0.15) is 6.17 Å². The minimum atomic E-state index is -0.558. The molecule has 2 saturated heterocycles. The lowest BCUT2D eigenvalue weighted by Crippen LogP contribution is -2.37. The molecule has 0 spiro atoms. The summed E-state index contributed by atoms with van der Waals surface area (Å²) >= 11 is 0. The molecule has 84 valence electrons. The van der Waals surface area contributed by atoms with Crippen LogP contribution in [0.4, 0.5) is 4.39 Å². The number of nitrogens with zero attached hydrogens (tertiary/aromatic N) is 1. The van der Waals surface area contributed by atoms with Crippen molar-refractivity contribution in [2.75, 3.05) is 13.1 Å². The molecule has 2 heteroatoms. The van der Waals surface area contributed by atoms with Gasteiger partial charge in [-0.1, -0.05) is 27.7 Å². The molecule has 0 unspecified atom stereocenters. The summed E-state index contributed by atoms with van der Waals surface area (Å²) in [7, 11) is 0. The molecular formula is C12H24FN. The van der Waals surface area contributed by atoms with E-state index in [4.69, 9.17) is 0 Å². The maximum atomic E-state index is 13.2. The molecule has 0 radical (unpaired) electrons. The van der Waals surface area contributed by atoms with E-state index in [0.29, 0.717) is 6.54 Å². The van der Waals surface area contributed by atoms with Gasteiger partial charge >= 0.3 is 0 Å². The molecule has 2 heterocycles. The zero-order chi connectivity index (χ0) is 10.8. The van der Waals surface area contributed by atoms with Gasteiger partial charge in [-0.05, 0) is 25.2 Å². The van der Waals surface area contributed by atoms with Crippen LogP contribution in [0.5, 0.6) is 0 Å². The molecule has 0 amide bonds. The molecule has 0 bridgehead atoms. The number of alkyl halides is 1. The SMILES string of the molecule is CC.CC[C@@]12C[C@H](C)CN1C[C@H](F)C2. The Morgan fingerprint density at radius 2 is 1.93 bits per heavy atom. The zero-order valence-corrected chi connectivity index (χ0v) is 10.0. The average molecular weight is 201 g/mol. The van der Waals surface area contributed by atoms with Gasteiger partial charge in [-0.3, -0.25) is 4.90 Å². The van der Waals surface area contributed by atoms with Crippen LogP contribution < -0.4 is 0 Å². The first-order chi connectivity index (χ1) is 6.66. The minimum absolute atomic E-state index is 0.249. The van der Waals surface area contributed by atoms with Gasteiger partial charge < -0.3 is 0 Å². The summed E-state index contributed by atoms with van der Waals surface area (Å²) < 4.78 is 13.2. The van der Waals surface area contributed by atoms with Gasteiger partial charge in [-0.2, -0.15) is 0 Å². The van der Waals surface area contributed by atoms with Crippen molar-refractivity contribution in [2.24, 2.45) is 5.92 Å². The molecule has 1 nitrogen and oxygen atoms in total. The standard InChI is InChI=1S/C10H18FN.C2H6/c1-3-10-4-8(2)6-12(10)7-9(11)5-10;1-2/h8-9H,3-7H2,1-2H3;1-2H3/t8-,9+,10-;/m0./s1. The number of hydrogen-bond donors (Lipinski definition) is 0. The molecular weight excluding hydrogens is 177 g/mol. The molecule has 0 aliphatic carbocycles. The first-order valence-corrected chi connectivity index (χ1v) is 6.05. The minimum Gasteiger partial charge on any atom is -0.294 e. The second-order valence-corrected chi connectivity index (χ2v) is 4.59. The molecule has 0 aromatic rings. The summed E-state index contributed by atoms with van der Waals surface area (Å²) in [6, 6.07) is 0. The molecule has 0 aromatic heterocycles. The van der Waals surface area contributed by atoms with Crippen molar-refractivity contribution in [3.05, 3.63) is 0 Å².